The molecule has 0 saturated carbocycles. The zero-order valence-electron chi connectivity index (χ0n) is 15.4. The lowest BCUT2D eigenvalue weighted by atomic mass is 9.93. The fraction of sp³-hybridized carbons (Fsp3) is 0.632. The summed E-state index contributed by atoms with van der Waals surface area (Å²) in [5, 5.41) is 7.61. The van der Waals surface area contributed by atoms with Crippen molar-refractivity contribution in [3.05, 3.63) is 34.9 Å². The first kappa shape index (κ1) is 22.5. The lowest BCUT2D eigenvalue weighted by molar-refractivity contribution is 0.187. The molecule has 0 spiro atoms. The molecule has 0 bridgehead atoms. The van der Waals surface area contributed by atoms with E-state index >= 15 is 0 Å². The molecule has 0 radical (unpaired) electrons. The molecule has 0 aromatic heterocycles. The maximum absolute atomic E-state index is 5.91. The van der Waals surface area contributed by atoms with Crippen LogP contribution in [0.4, 0.5) is 0 Å². The van der Waals surface area contributed by atoms with Crippen molar-refractivity contribution < 1.29 is 0 Å². The summed E-state index contributed by atoms with van der Waals surface area (Å²) >= 11 is 5.91. The molecular formula is C19H32ClIN4. The van der Waals surface area contributed by atoms with Crippen molar-refractivity contribution in [3.63, 3.8) is 0 Å². The van der Waals surface area contributed by atoms with Crippen LogP contribution in [0.2, 0.25) is 5.02 Å². The molecule has 142 valence electrons. The van der Waals surface area contributed by atoms with E-state index in [1.807, 2.05) is 19.2 Å². The fourth-order valence-corrected chi connectivity index (χ4v) is 3.31. The molecule has 25 heavy (non-hydrogen) atoms. The molecule has 0 atom stereocenters. The van der Waals surface area contributed by atoms with Crippen molar-refractivity contribution in [3.8, 4) is 0 Å². The maximum atomic E-state index is 5.91. The first-order chi connectivity index (χ1) is 11.7. The molecule has 0 unspecified atom stereocenters. The summed E-state index contributed by atoms with van der Waals surface area (Å²) in [6, 6.07) is 8.02. The van der Waals surface area contributed by atoms with Crippen LogP contribution in [0.1, 0.15) is 31.7 Å². The van der Waals surface area contributed by atoms with Gasteiger partial charge in [0.15, 0.2) is 5.96 Å². The highest BCUT2D eigenvalue weighted by Crippen LogP contribution is 2.19. The Labute approximate surface area is 174 Å². The predicted octanol–water partition coefficient (Wildman–Crippen LogP) is 3.79. The molecule has 1 fully saturated rings. The van der Waals surface area contributed by atoms with Crippen LogP contribution in [0.25, 0.3) is 0 Å². The monoisotopic (exact) mass is 478 g/mol. The van der Waals surface area contributed by atoms with Gasteiger partial charge in [-0.15, -0.1) is 24.0 Å². The SMILES string of the molecule is CCN1CCC(CCNC(=NC)NCCc2ccc(Cl)cc2)CC1.I. The molecule has 2 rings (SSSR count). The molecule has 1 aromatic rings. The Hall–Kier alpha value is -0.530. The summed E-state index contributed by atoms with van der Waals surface area (Å²) in [5.74, 6) is 1.75. The highest BCUT2D eigenvalue weighted by Gasteiger charge is 2.17. The van der Waals surface area contributed by atoms with Crippen molar-refractivity contribution in [2.75, 3.05) is 39.8 Å². The van der Waals surface area contributed by atoms with E-state index in [4.69, 9.17) is 11.6 Å². The minimum Gasteiger partial charge on any atom is -0.356 e. The fourth-order valence-electron chi connectivity index (χ4n) is 3.18. The van der Waals surface area contributed by atoms with Gasteiger partial charge < -0.3 is 15.5 Å². The van der Waals surface area contributed by atoms with Crippen LogP contribution < -0.4 is 10.6 Å². The quantitative estimate of drug-likeness (QED) is 0.356. The Kier molecular flexibility index (Phi) is 11.5. The van der Waals surface area contributed by atoms with E-state index in [0.717, 1.165) is 36.4 Å². The number of benzene rings is 1. The summed E-state index contributed by atoms with van der Waals surface area (Å²) in [4.78, 5) is 6.85. The molecule has 1 saturated heterocycles. The Morgan fingerprint density at radius 3 is 2.40 bits per heavy atom. The number of nitrogens with one attached hydrogen (secondary N) is 2. The Morgan fingerprint density at radius 2 is 1.80 bits per heavy atom. The normalized spacial score (nSPS) is 16.4. The molecule has 1 aromatic carbocycles. The number of halogens is 2. The van der Waals surface area contributed by atoms with Crippen molar-refractivity contribution in [1.82, 2.24) is 15.5 Å². The largest absolute Gasteiger partial charge is 0.356 e. The van der Waals surface area contributed by atoms with Crippen molar-refractivity contribution in [2.24, 2.45) is 10.9 Å². The number of likely N-dealkylation sites (tertiary alicyclic amines) is 1. The van der Waals surface area contributed by atoms with Gasteiger partial charge in [0.2, 0.25) is 0 Å². The van der Waals surface area contributed by atoms with Crippen molar-refractivity contribution >= 4 is 41.5 Å². The maximum Gasteiger partial charge on any atom is 0.190 e. The smallest absolute Gasteiger partial charge is 0.190 e. The van der Waals surface area contributed by atoms with E-state index in [0.29, 0.717) is 0 Å². The second kappa shape index (κ2) is 12.8. The van der Waals surface area contributed by atoms with Crippen LogP contribution in [-0.4, -0.2) is 50.6 Å². The highest BCUT2D eigenvalue weighted by molar-refractivity contribution is 14.0. The van der Waals surface area contributed by atoms with Gasteiger partial charge in [-0.25, -0.2) is 0 Å². The van der Waals surface area contributed by atoms with Gasteiger partial charge in [-0.1, -0.05) is 30.7 Å². The zero-order valence-corrected chi connectivity index (χ0v) is 18.5. The van der Waals surface area contributed by atoms with Crippen LogP contribution in [-0.2, 0) is 6.42 Å². The Balaban J connectivity index is 0.00000312. The number of rotatable bonds is 7. The third kappa shape index (κ3) is 8.60. The van der Waals surface area contributed by atoms with E-state index in [1.165, 1.54) is 44.5 Å². The summed E-state index contributed by atoms with van der Waals surface area (Å²) in [6.07, 6.45) is 4.86. The van der Waals surface area contributed by atoms with Crippen molar-refractivity contribution in [2.45, 2.75) is 32.6 Å². The topological polar surface area (TPSA) is 39.7 Å². The number of hydrogen-bond acceptors (Lipinski definition) is 2. The van der Waals surface area contributed by atoms with Crippen LogP contribution in [0.3, 0.4) is 0 Å². The predicted molar refractivity (Wildman–Crippen MR) is 119 cm³/mol. The van der Waals surface area contributed by atoms with Crippen LogP contribution >= 0.6 is 35.6 Å². The molecule has 4 nitrogen and oxygen atoms in total. The summed E-state index contributed by atoms with van der Waals surface area (Å²) in [5.41, 5.74) is 1.28. The van der Waals surface area contributed by atoms with E-state index in [9.17, 15) is 0 Å². The third-order valence-corrected chi connectivity index (χ3v) is 5.09. The number of guanidine groups is 1. The van der Waals surface area contributed by atoms with Crippen molar-refractivity contribution in [1.29, 1.82) is 0 Å². The first-order valence-corrected chi connectivity index (χ1v) is 9.50. The first-order valence-electron chi connectivity index (χ1n) is 9.12. The average molecular weight is 479 g/mol. The second-order valence-electron chi connectivity index (χ2n) is 6.47. The van der Waals surface area contributed by atoms with Crippen LogP contribution in [0, 0.1) is 5.92 Å². The standard InChI is InChI=1S/C19H31ClN4.HI/c1-3-24-14-10-17(11-15-24)9-13-23-19(21-2)22-12-8-16-4-6-18(20)7-5-16;/h4-7,17H,3,8-15H2,1-2H3,(H2,21,22,23);1H. The second-order valence-corrected chi connectivity index (χ2v) is 6.90. The minimum absolute atomic E-state index is 0. The van der Waals surface area contributed by atoms with Gasteiger partial charge in [0, 0.05) is 25.2 Å². The van der Waals surface area contributed by atoms with E-state index < -0.39 is 0 Å². The van der Waals surface area contributed by atoms with Gasteiger partial charge in [-0.3, -0.25) is 4.99 Å². The molecular weight excluding hydrogens is 447 g/mol. The number of aliphatic imine (C=N–C) groups is 1. The lowest BCUT2D eigenvalue weighted by Crippen LogP contribution is -2.40. The van der Waals surface area contributed by atoms with Gasteiger partial charge in [0.05, 0.1) is 0 Å². The molecule has 1 aliphatic heterocycles. The van der Waals surface area contributed by atoms with E-state index in [-0.39, 0.29) is 24.0 Å². The van der Waals surface area contributed by atoms with Gasteiger partial charge in [0.25, 0.3) is 0 Å². The summed E-state index contributed by atoms with van der Waals surface area (Å²) < 4.78 is 0. The van der Waals surface area contributed by atoms with Gasteiger partial charge in [-0.05, 0) is 68.9 Å². The van der Waals surface area contributed by atoms with E-state index in [2.05, 4.69) is 39.6 Å². The number of piperidine rings is 1. The molecule has 0 aliphatic carbocycles. The third-order valence-electron chi connectivity index (χ3n) is 4.84. The Morgan fingerprint density at radius 1 is 1.16 bits per heavy atom. The summed E-state index contributed by atoms with van der Waals surface area (Å²) in [7, 11) is 1.83. The van der Waals surface area contributed by atoms with Crippen LogP contribution in [0.15, 0.2) is 29.3 Å². The molecule has 2 N–H and O–H groups in total. The van der Waals surface area contributed by atoms with Gasteiger partial charge >= 0.3 is 0 Å². The zero-order chi connectivity index (χ0) is 17.2. The molecule has 0 amide bonds. The number of hydrogen-bond donors (Lipinski definition) is 2. The minimum atomic E-state index is 0. The van der Waals surface area contributed by atoms with Gasteiger partial charge in [-0.2, -0.15) is 0 Å². The van der Waals surface area contributed by atoms with E-state index in [1.54, 1.807) is 0 Å². The highest BCUT2D eigenvalue weighted by atomic mass is 127. The molecule has 6 heteroatoms. The lowest BCUT2D eigenvalue weighted by Gasteiger charge is -2.31. The number of nitrogens with zero attached hydrogens (tertiary/aromatic N) is 2. The van der Waals surface area contributed by atoms with Crippen LogP contribution in [0.5, 0.6) is 0 Å². The molecule has 1 aliphatic rings. The van der Waals surface area contributed by atoms with Gasteiger partial charge in [0.1, 0.15) is 0 Å². The summed E-state index contributed by atoms with van der Waals surface area (Å²) in [6.45, 7) is 7.83. The molecule has 1 heterocycles. The average Bonchev–Trinajstić information content (AvgIpc) is 2.62. The Bertz CT molecular complexity index is 499.